The first-order valence-electron chi connectivity index (χ1n) is 8.20. The highest BCUT2D eigenvalue weighted by Gasteiger charge is 2.38. The van der Waals surface area contributed by atoms with Gasteiger partial charge in [0.05, 0.1) is 13.2 Å². The van der Waals surface area contributed by atoms with Crippen molar-refractivity contribution in [1.82, 2.24) is 0 Å². The van der Waals surface area contributed by atoms with E-state index in [4.69, 9.17) is 25.4 Å². The Morgan fingerprint density at radius 2 is 1.77 bits per heavy atom. The average Bonchev–Trinajstić information content (AvgIpc) is 2.52. The molecule has 1 aliphatic carbocycles. The number of hydrogen-bond donors (Lipinski definition) is 0. The summed E-state index contributed by atoms with van der Waals surface area (Å²) in [5, 5.41) is 0. The molecular weight excluding hydrogens is 327 g/mol. The molecule has 0 N–H and O–H groups in total. The maximum Gasteiger partial charge on any atom is 0.370 e. The SMILES string of the molecule is CCOP(=O)(OCC)[C@H](CCC1CCCCC1)OC(=O)CCl. The summed E-state index contributed by atoms with van der Waals surface area (Å²) in [7, 11) is -3.47. The van der Waals surface area contributed by atoms with Crippen molar-refractivity contribution in [2.45, 2.75) is 64.6 Å². The number of esters is 1. The van der Waals surface area contributed by atoms with E-state index in [-0.39, 0.29) is 19.1 Å². The number of carbonyl (C=O) groups excluding carboxylic acids is 1. The summed E-state index contributed by atoms with van der Waals surface area (Å²) >= 11 is 5.50. The Labute approximate surface area is 138 Å². The van der Waals surface area contributed by atoms with Crippen LogP contribution < -0.4 is 0 Å². The molecule has 0 saturated heterocycles. The molecule has 0 heterocycles. The summed E-state index contributed by atoms with van der Waals surface area (Å²) in [4.78, 5) is 11.5. The van der Waals surface area contributed by atoms with Gasteiger partial charge >= 0.3 is 13.6 Å². The lowest BCUT2D eigenvalue weighted by Crippen LogP contribution is -2.23. The van der Waals surface area contributed by atoms with E-state index in [0.29, 0.717) is 12.3 Å². The van der Waals surface area contributed by atoms with Crippen LogP contribution in [0.5, 0.6) is 0 Å². The van der Waals surface area contributed by atoms with Crippen molar-refractivity contribution in [3.05, 3.63) is 0 Å². The minimum Gasteiger partial charge on any atom is -0.448 e. The van der Waals surface area contributed by atoms with Crippen molar-refractivity contribution < 1.29 is 23.1 Å². The summed E-state index contributed by atoms with van der Waals surface area (Å²) in [5.74, 6) is -1.11. The monoisotopic (exact) mass is 354 g/mol. The van der Waals surface area contributed by atoms with Crippen LogP contribution in [0.4, 0.5) is 0 Å². The number of hydrogen-bond acceptors (Lipinski definition) is 5. The standard InChI is InChI=1S/C15H28ClO5P/c1-3-19-22(18,20-4-2)15(21-14(17)12-16)11-10-13-8-6-5-7-9-13/h13,15H,3-12H2,1-2H3/t15-/m1/s1. The summed E-state index contributed by atoms with van der Waals surface area (Å²) in [6, 6.07) is 0. The molecule has 0 aromatic rings. The Morgan fingerprint density at radius 1 is 1.18 bits per heavy atom. The number of rotatable bonds is 10. The van der Waals surface area contributed by atoms with Crippen LogP contribution in [0.1, 0.15) is 58.8 Å². The van der Waals surface area contributed by atoms with Crippen LogP contribution in [0.2, 0.25) is 0 Å². The lowest BCUT2D eigenvalue weighted by atomic mass is 9.86. The molecule has 1 atom stereocenters. The number of ether oxygens (including phenoxy) is 1. The van der Waals surface area contributed by atoms with Gasteiger partial charge in [-0.15, -0.1) is 11.6 Å². The molecule has 7 heteroatoms. The Balaban J connectivity index is 2.71. The van der Waals surface area contributed by atoms with E-state index in [1.165, 1.54) is 32.1 Å². The summed E-state index contributed by atoms with van der Waals surface area (Å²) in [6.45, 7) is 3.98. The predicted octanol–water partition coefficient (Wildman–Crippen LogP) is 4.72. The Hall–Kier alpha value is -0.0900. The highest BCUT2D eigenvalue weighted by Crippen LogP contribution is 2.55. The molecule has 1 saturated carbocycles. The molecule has 0 aromatic heterocycles. The maximum absolute atomic E-state index is 12.9. The van der Waals surface area contributed by atoms with Crippen LogP contribution in [0, 0.1) is 5.92 Å². The molecule has 0 radical (unpaired) electrons. The molecule has 130 valence electrons. The van der Waals surface area contributed by atoms with Gasteiger partial charge in [-0.05, 0) is 32.6 Å². The van der Waals surface area contributed by atoms with Crippen molar-refractivity contribution >= 4 is 25.2 Å². The van der Waals surface area contributed by atoms with Crippen molar-refractivity contribution in [2.75, 3.05) is 19.1 Å². The zero-order chi connectivity index (χ0) is 16.4. The Morgan fingerprint density at radius 3 is 2.27 bits per heavy atom. The minimum absolute atomic E-state index is 0.246. The first kappa shape index (κ1) is 20.0. The second-order valence-electron chi connectivity index (χ2n) is 5.53. The highest BCUT2D eigenvalue weighted by atomic mass is 35.5. The van der Waals surface area contributed by atoms with E-state index in [0.717, 1.165) is 6.42 Å². The van der Waals surface area contributed by atoms with E-state index in [2.05, 4.69) is 0 Å². The molecule has 0 bridgehead atoms. The van der Waals surface area contributed by atoms with Gasteiger partial charge in [0.1, 0.15) is 5.88 Å². The molecule has 0 unspecified atom stereocenters. The van der Waals surface area contributed by atoms with E-state index in [9.17, 15) is 9.36 Å². The number of alkyl halides is 1. The van der Waals surface area contributed by atoms with Gasteiger partial charge in [0.25, 0.3) is 0 Å². The zero-order valence-electron chi connectivity index (χ0n) is 13.6. The normalized spacial score (nSPS) is 18.1. The first-order valence-corrected chi connectivity index (χ1v) is 10.3. The fraction of sp³-hybridized carbons (Fsp3) is 0.933. The third kappa shape index (κ3) is 6.57. The molecule has 22 heavy (non-hydrogen) atoms. The van der Waals surface area contributed by atoms with E-state index >= 15 is 0 Å². The van der Waals surface area contributed by atoms with Crippen molar-refractivity contribution in [1.29, 1.82) is 0 Å². The molecule has 1 aliphatic rings. The fourth-order valence-corrected chi connectivity index (χ4v) is 4.78. The number of halogens is 1. The topological polar surface area (TPSA) is 61.8 Å². The largest absolute Gasteiger partial charge is 0.448 e. The van der Waals surface area contributed by atoms with Crippen molar-refractivity contribution in [3.63, 3.8) is 0 Å². The van der Waals surface area contributed by atoms with E-state index in [1.54, 1.807) is 13.8 Å². The highest BCUT2D eigenvalue weighted by molar-refractivity contribution is 7.54. The average molecular weight is 355 g/mol. The van der Waals surface area contributed by atoms with E-state index < -0.39 is 19.4 Å². The minimum atomic E-state index is -3.47. The fourth-order valence-electron chi connectivity index (χ4n) is 2.88. The Kier molecular flexibility index (Phi) is 9.65. The summed E-state index contributed by atoms with van der Waals surface area (Å²) in [5.41, 5.74) is 0. The Bertz CT molecular complexity index is 361. The molecule has 5 nitrogen and oxygen atoms in total. The second-order valence-corrected chi connectivity index (χ2v) is 7.97. The van der Waals surface area contributed by atoms with Gasteiger partial charge in [-0.25, -0.2) is 0 Å². The third-order valence-electron chi connectivity index (χ3n) is 3.89. The smallest absolute Gasteiger partial charge is 0.370 e. The lowest BCUT2D eigenvalue weighted by Gasteiger charge is -2.28. The van der Waals surface area contributed by atoms with E-state index in [1.807, 2.05) is 0 Å². The molecule has 0 aliphatic heterocycles. The lowest BCUT2D eigenvalue weighted by molar-refractivity contribution is -0.143. The molecule has 1 fully saturated rings. The van der Waals surface area contributed by atoms with Gasteiger partial charge in [-0.1, -0.05) is 32.1 Å². The summed E-state index contributed by atoms with van der Waals surface area (Å²) in [6.07, 6.45) is 7.50. The van der Waals surface area contributed by atoms with Crippen LogP contribution >= 0.6 is 19.2 Å². The first-order chi connectivity index (χ1) is 10.6. The molecule has 1 rings (SSSR count). The number of carbonyl (C=O) groups is 1. The van der Waals surface area contributed by atoms with Crippen molar-refractivity contribution in [3.8, 4) is 0 Å². The zero-order valence-corrected chi connectivity index (χ0v) is 15.2. The van der Waals surface area contributed by atoms with Crippen LogP contribution in [-0.2, 0) is 23.1 Å². The summed E-state index contributed by atoms with van der Waals surface area (Å²) < 4.78 is 28.8. The van der Waals surface area contributed by atoms with Gasteiger partial charge in [-0.3, -0.25) is 9.36 Å². The van der Waals surface area contributed by atoms with Crippen LogP contribution in [-0.4, -0.2) is 30.9 Å². The molecule has 0 amide bonds. The van der Waals surface area contributed by atoms with Gasteiger partial charge in [0.15, 0.2) is 0 Å². The third-order valence-corrected chi connectivity index (χ3v) is 6.42. The predicted molar refractivity (Wildman–Crippen MR) is 87.3 cm³/mol. The molecule has 0 spiro atoms. The van der Waals surface area contributed by atoms with Crippen molar-refractivity contribution in [2.24, 2.45) is 5.92 Å². The van der Waals surface area contributed by atoms with Gasteiger partial charge in [0.2, 0.25) is 5.85 Å². The quantitative estimate of drug-likeness (QED) is 0.322. The molecule has 0 aromatic carbocycles. The van der Waals surface area contributed by atoms with Gasteiger partial charge in [0, 0.05) is 0 Å². The van der Waals surface area contributed by atoms with Gasteiger partial charge < -0.3 is 13.8 Å². The maximum atomic E-state index is 12.9. The van der Waals surface area contributed by atoms with Crippen LogP contribution in [0.15, 0.2) is 0 Å². The second kappa shape index (κ2) is 10.6. The van der Waals surface area contributed by atoms with Crippen LogP contribution in [0.25, 0.3) is 0 Å². The van der Waals surface area contributed by atoms with Crippen LogP contribution in [0.3, 0.4) is 0 Å². The molecular formula is C15H28ClO5P. The van der Waals surface area contributed by atoms with Gasteiger partial charge in [-0.2, -0.15) is 0 Å².